The van der Waals surface area contributed by atoms with Crippen LogP contribution in [-0.2, 0) is 16.2 Å². The van der Waals surface area contributed by atoms with E-state index in [1.54, 1.807) is 31.2 Å². The molecule has 0 bridgehead atoms. The summed E-state index contributed by atoms with van der Waals surface area (Å²) in [7, 11) is 0. The zero-order chi connectivity index (χ0) is 15.1. The van der Waals surface area contributed by atoms with E-state index in [4.69, 9.17) is 9.47 Å². The summed E-state index contributed by atoms with van der Waals surface area (Å²) in [6, 6.07) is 6.29. The second-order valence-corrected chi connectivity index (χ2v) is 3.92. The topological polar surface area (TPSA) is 95.3 Å². The Labute approximate surface area is 120 Å². The van der Waals surface area contributed by atoms with E-state index in [9.17, 15) is 9.59 Å². The molecule has 0 fully saturated rings. The smallest absolute Gasteiger partial charge is 0.413 e. The number of hydrogen-bond donors (Lipinski definition) is 1. The van der Waals surface area contributed by atoms with Gasteiger partial charge in [-0.1, -0.05) is 0 Å². The van der Waals surface area contributed by atoms with Crippen LogP contribution >= 0.6 is 0 Å². The van der Waals surface area contributed by atoms with Crippen molar-refractivity contribution in [3.8, 4) is 0 Å². The van der Waals surface area contributed by atoms with Crippen molar-refractivity contribution in [2.75, 3.05) is 11.9 Å². The van der Waals surface area contributed by atoms with Crippen LogP contribution in [0.3, 0.4) is 0 Å². The zero-order valence-electron chi connectivity index (χ0n) is 11.4. The molecule has 1 amide bonds. The van der Waals surface area contributed by atoms with Gasteiger partial charge in [-0.15, -0.1) is 0 Å². The van der Waals surface area contributed by atoms with Gasteiger partial charge >= 0.3 is 12.1 Å². The number of aromatic nitrogens is 3. The average molecular weight is 290 g/mol. The van der Waals surface area contributed by atoms with Crippen LogP contribution in [0.2, 0.25) is 0 Å². The Balaban J connectivity index is 1.85. The predicted molar refractivity (Wildman–Crippen MR) is 72.5 cm³/mol. The van der Waals surface area contributed by atoms with E-state index in [1.807, 2.05) is 0 Å². The summed E-state index contributed by atoms with van der Waals surface area (Å²) < 4.78 is 11.2. The summed E-state index contributed by atoms with van der Waals surface area (Å²) in [6.07, 6.45) is 2.14. The molecule has 0 saturated heterocycles. The van der Waals surface area contributed by atoms with Gasteiger partial charge in [0.25, 0.3) is 0 Å². The summed E-state index contributed by atoms with van der Waals surface area (Å²) in [5.41, 5.74) is 0.921. The van der Waals surface area contributed by atoms with Gasteiger partial charge < -0.3 is 9.47 Å². The first-order valence-corrected chi connectivity index (χ1v) is 6.22. The number of hydrogen-bond acceptors (Lipinski definition) is 6. The molecule has 1 heterocycles. The lowest BCUT2D eigenvalue weighted by atomic mass is 10.2. The standard InChI is InChI=1S/C13H14N4O4/c1-2-20-12(18)10-3-5-11(6-4-10)16-13(19)21-9-17-8-14-7-15-17/h3-8H,2,9H2,1H3,(H,16,19). The molecule has 8 nitrogen and oxygen atoms in total. The van der Waals surface area contributed by atoms with Crippen LogP contribution in [0.4, 0.5) is 10.5 Å². The number of nitrogens with zero attached hydrogens (tertiary/aromatic N) is 3. The minimum absolute atomic E-state index is 0.0350. The number of carbonyl (C=O) groups excluding carboxylic acids is 2. The van der Waals surface area contributed by atoms with E-state index in [-0.39, 0.29) is 6.73 Å². The lowest BCUT2D eigenvalue weighted by Crippen LogP contribution is -2.16. The Hall–Kier alpha value is -2.90. The van der Waals surface area contributed by atoms with Crippen LogP contribution < -0.4 is 5.32 Å². The number of nitrogens with one attached hydrogen (secondary N) is 1. The number of rotatable bonds is 5. The quantitative estimate of drug-likeness (QED) is 0.841. The molecule has 0 aliphatic heterocycles. The third-order valence-electron chi connectivity index (χ3n) is 2.44. The SMILES string of the molecule is CCOC(=O)c1ccc(NC(=O)OCn2cncn2)cc1. The van der Waals surface area contributed by atoms with Gasteiger partial charge in [0.15, 0.2) is 6.73 Å². The number of ether oxygens (including phenoxy) is 2. The Morgan fingerprint density at radius 3 is 2.62 bits per heavy atom. The normalized spacial score (nSPS) is 9.95. The zero-order valence-corrected chi connectivity index (χ0v) is 11.4. The Morgan fingerprint density at radius 1 is 1.24 bits per heavy atom. The molecule has 0 unspecified atom stereocenters. The summed E-state index contributed by atoms with van der Waals surface area (Å²) in [4.78, 5) is 26.7. The van der Waals surface area contributed by atoms with Gasteiger partial charge in [-0.05, 0) is 31.2 Å². The lowest BCUT2D eigenvalue weighted by molar-refractivity contribution is 0.0526. The van der Waals surface area contributed by atoms with E-state index < -0.39 is 12.1 Å². The number of benzene rings is 1. The highest BCUT2D eigenvalue weighted by molar-refractivity contribution is 5.91. The summed E-state index contributed by atoms with van der Waals surface area (Å²) >= 11 is 0. The van der Waals surface area contributed by atoms with Gasteiger partial charge in [0.1, 0.15) is 12.7 Å². The van der Waals surface area contributed by atoms with Crippen LogP contribution in [0.1, 0.15) is 17.3 Å². The van der Waals surface area contributed by atoms with Crippen molar-refractivity contribution in [3.63, 3.8) is 0 Å². The monoisotopic (exact) mass is 290 g/mol. The molecular formula is C13H14N4O4. The van der Waals surface area contributed by atoms with Crippen LogP contribution in [0.5, 0.6) is 0 Å². The minimum Gasteiger partial charge on any atom is -0.462 e. The first-order chi connectivity index (χ1) is 10.2. The first kappa shape index (κ1) is 14.5. The highest BCUT2D eigenvalue weighted by Crippen LogP contribution is 2.11. The second kappa shape index (κ2) is 7.04. The highest BCUT2D eigenvalue weighted by Gasteiger charge is 2.07. The van der Waals surface area contributed by atoms with Crippen molar-refractivity contribution in [2.45, 2.75) is 13.7 Å². The molecule has 0 atom stereocenters. The van der Waals surface area contributed by atoms with Gasteiger partial charge in [0.2, 0.25) is 0 Å². The van der Waals surface area contributed by atoms with E-state index >= 15 is 0 Å². The maximum Gasteiger partial charge on any atom is 0.413 e. The van der Waals surface area contributed by atoms with Gasteiger partial charge in [-0.3, -0.25) is 5.32 Å². The predicted octanol–water partition coefficient (Wildman–Crippen LogP) is 1.66. The van der Waals surface area contributed by atoms with Gasteiger partial charge in [-0.2, -0.15) is 5.10 Å². The first-order valence-electron chi connectivity index (χ1n) is 6.22. The van der Waals surface area contributed by atoms with Crippen molar-refractivity contribution in [1.82, 2.24) is 14.8 Å². The number of carbonyl (C=O) groups is 2. The molecule has 0 saturated carbocycles. The molecule has 0 aliphatic carbocycles. The number of amides is 1. The maximum atomic E-state index is 11.5. The van der Waals surface area contributed by atoms with E-state index in [0.29, 0.717) is 17.9 Å². The van der Waals surface area contributed by atoms with Crippen molar-refractivity contribution in [2.24, 2.45) is 0 Å². The van der Waals surface area contributed by atoms with E-state index in [0.717, 1.165) is 0 Å². The van der Waals surface area contributed by atoms with Crippen LogP contribution in [0.15, 0.2) is 36.9 Å². The molecule has 8 heteroatoms. The van der Waals surface area contributed by atoms with Crippen molar-refractivity contribution < 1.29 is 19.1 Å². The van der Waals surface area contributed by atoms with Crippen LogP contribution in [0, 0.1) is 0 Å². The lowest BCUT2D eigenvalue weighted by Gasteiger charge is -2.07. The Kier molecular flexibility index (Phi) is 4.86. The van der Waals surface area contributed by atoms with Crippen LogP contribution in [-0.4, -0.2) is 33.4 Å². The highest BCUT2D eigenvalue weighted by atomic mass is 16.6. The summed E-state index contributed by atoms with van der Waals surface area (Å²) in [5, 5.41) is 6.32. The third kappa shape index (κ3) is 4.30. The van der Waals surface area contributed by atoms with Crippen molar-refractivity contribution >= 4 is 17.7 Å². The molecular weight excluding hydrogens is 276 g/mol. The molecule has 2 rings (SSSR count). The molecule has 1 aromatic carbocycles. The number of anilines is 1. The molecule has 0 aliphatic rings. The fraction of sp³-hybridized carbons (Fsp3) is 0.231. The molecule has 21 heavy (non-hydrogen) atoms. The fourth-order valence-electron chi connectivity index (χ4n) is 1.48. The number of esters is 1. The minimum atomic E-state index is -0.630. The van der Waals surface area contributed by atoms with Gasteiger partial charge in [0.05, 0.1) is 12.2 Å². The van der Waals surface area contributed by atoms with Crippen LogP contribution in [0.25, 0.3) is 0 Å². The van der Waals surface area contributed by atoms with Gasteiger partial charge in [0, 0.05) is 5.69 Å². The summed E-state index contributed by atoms with van der Waals surface area (Å²) in [5.74, 6) is -0.405. The molecule has 0 radical (unpaired) electrons. The summed E-state index contributed by atoms with van der Waals surface area (Å²) in [6.45, 7) is 2.01. The van der Waals surface area contributed by atoms with Crippen molar-refractivity contribution in [3.05, 3.63) is 42.5 Å². The average Bonchev–Trinajstić information content (AvgIpc) is 2.99. The third-order valence-corrected chi connectivity index (χ3v) is 2.44. The Bertz CT molecular complexity index is 595. The molecule has 1 N–H and O–H groups in total. The van der Waals surface area contributed by atoms with Crippen molar-refractivity contribution in [1.29, 1.82) is 0 Å². The Morgan fingerprint density at radius 2 is 2.00 bits per heavy atom. The van der Waals surface area contributed by atoms with E-state index in [2.05, 4.69) is 15.4 Å². The molecule has 1 aromatic heterocycles. The van der Waals surface area contributed by atoms with E-state index in [1.165, 1.54) is 17.3 Å². The fourth-order valence-corrected chi connectivity index (χ4v) is 1.48. The molecule has 0 spiro atoms. The molecule has 110 valence electrons. The second-order valence-electron chi connectivity index (χ2n) is 3.92. The largest absolute Gasteiger partial charge is 0.462 e. The van der Waals surface area contributed by atoms with Gasteiger partial charge in [-0.25, -0.2) is 19.3 Å². The maximum absolute atomic E-state index is 11.5. The molecule has 2 aromatic rings.